The van der Waals surface area contributed by atoms with Gasteiger partial charge in [0.25, 0.3) is 5.91 Å². The van der Waals surface area contributed by atoms with Gasteiger partial charge in [0, 0.05) is 13.1 Å². The topological polar surface area (TPSA) is 66.8 Å². The third-order valence-corrected chi connectivity index (χ3v) is 3.45. The van der Waals surface area contributed by atoms with Gasteiger partial charge in [0.2, 0.25) is 0 Å². The van der Waals surface area contributed by atoms with Crippen molar-refractivity contribution >= 4 is 11.9 Å². The average molecular weight is 263 g/mol. The fraction of sp³-hybridized carbons (Fsp3) is 0.429. The summed E-state index contributed by atoms with van der Waals surface area (Å²) < 4.78 is 4.71. The molecule has 0 aliphatic carbocycles. The van der Waals surface area contributed by atoms with Crippen molar-refractivity contribution in [1.29, 1.82) is 0 Å². The third kappa shape index (κ3) is 2.86. The quantitative estimate of drug-likeness (QED) is 0.819. The van der Waals surface area contributed by atoms with Crippen molar-refractivity contribution in [1.82, 2.24) is 4.90 Å². The molecule has 0 atom stereocenters. The normalized spacial score (nSPS) is 16.2. The first-order valence-electron chi connectivity index (χ1n) is 6.28. The monoisotopic (exact) mass is 263 g/mol. The van der Waals surface area contributed by atoms with E-state index in [4.69, 9.17) is 4.74 Å². The second kappa shape index (κ2) is 5.73. The Morgan fingerprint density at radius 2 is 1.89 bits per heavy atom. The number of esters is 1. The zero-order chi connectivity index (χ0) is 13.8. The number of para-hydroxylation sites is 1. The van der Waals surface area contributed by atoms with Crippen molar-refractivity contribution in [2.75, 3.05) is 20.2 Å². The number of hydrogen-bond donors (Lipinski definition) is 1. The van der Waals surface area contributed by atoms with Crippen LogP contribution in [0.25, 0.3) is 0 Å². The van der Waals surface area contributed by atoms with Gasteiger partial charge >= 0.3 is 5.97 Å². The first-order chi connectivity index (χ1) is 9.13. The van der Waals surface area contributed by atoms with E-state index in [0.29, 0.717) is 31.5 Å². The van der Waals surface area contributed by atoms with E-state index in [0.717, 1.165) is 0 Å². The molecular weight excluding hydrogens is 246 g/mol. The van der Waals surface area contributed by atoms with E-state index in [1.807, 2.05) is 0 Å². The Morgan fingerprint density at radius 1 is 1.26 bits per heavy atom. The molecule has 1 amide bonds. The number of carbonyl (C=O) groups is 2. The van der Waals surface area contributed by atoms with Gasteiger partial charge in [-0.05, 0) is 25.0 Å². The summed E-state index contributed by atoms with van der Waals surface area (Å²) in [5.41, 5.74) is 0.305. The van der Waals surface area contributed by atoms with E-state index in [9.17, 15) is 14.7 Å². The lowest BCUT2D eigenvalue weighted by Crippen LogP contribution is -2.40. The molecule has 5 nitrogen and oxygen atoms in total. The van der Waals surface area contributed by atoms with Crippen molar-refractivity contribution in [2.45, 2.75) is 12.8 Å². The van der Waals surface area contributed by atoms with Crippen LogP contribution in [0.15, 0.2) is 24.3 Å². The third-order valence-electron chi connectivity index (χ3n) is 3.45. The number of likely N-dealkylation sites (tertiary alicyclic amines) is 1. The maximum absolute atomic E-state index is 12.2. The standard InChI is InChI=1S/C14H17NO4/c1-19-14(18)10-6-8-15(9-7-10)13(17)11-4-2-3-5-12(11)16/h2-5,10,16H,6-9H2,1H3. The number of phenolic OH excluding ortho intramolecular Hbond substituents is 1. The van der Waals surface area contributed by atoms with Gasteiger partial charge in [-0.2, -0.15) is 0 Å². The van der Waals surface area contributed by atoms with E-state index in [1.54, 1.807) is 23.1 Å². The predicted molar refractivity (Wildman–Crippen MR) is 68.8 cm³/mol. The Kier molecular flexibility index (Phi) is 4.04. The largest absolute Gasteiger partial charge is 0.507 e. The number of phenols is 1. The molecule has 1 heterocycles. The van der Waals surface area contributed by atoms with Crippen LogP contribution >= 0.6 is 0 Å². The number of hydrogen-bond acceptors (Lipinski definition) is 4. The number of benzene rings is 1. The smallest absolute Gasteiger partial charge is 0.308 e. The lowest BCUT2D eigenvalue weighted by molar-refractivity contribution is -0.146. The zero-order valence-electron chi connectivity index (χ0n) is 10.8. The van der Waals surface area contributed by atoms with Crippen LogP contribution in [-0.4, -0.2) is 42.1 Å². The van der Waals surface area contributed by atoms with Gasteiger partial charge in [-0.3, -0.25) is 9.59 Å². The van der Waals surface area contributed by atoms with Crippen molar-refractivity contribution in [3.8, 4) is 5.75 Å². The van der Waals surface area contributed by atoms with Gasteiger partial charge in [-0.15, -0.1) is 0 Å². The fourth-order valence-electron chi connectivity index (χ4n) is 2.31. The molecule has 19 heavy (non-hydrogen) atoms. The van der Waals surface area contributed by atoms with Crippen LogP contribution in [0.3, 0.4) is 0 Å². The van der Waals surface area contributed by atoms with Crippen LogP contribution in [-0.2, 0) is 9.53 Å². The Balaban J connectivity index is 2.00. The number of methoxy groups -OCH3 is 1. The highest BCUT2D eigenvalue weighted by Crippen LogP contribution is 2.23. The first-order valence-corrected chi connectivity index (χ1v) is 6.28. The molecular formula is C14H17NO4. The molecule has 5 heteroatoms. The SMILES string of the molecule is COC(=O)C1CCN(C(=O)c2ccccc2O)CC1. The van der Waals surface area contributed by atoms with Gasteiger partial charge in [0.15, 0.2) is 0 Å². The number of nitrogens with zero attached hydrogens (tertiary/aromatic N) is 1. The number of carbonyl (C=O) groups excluding carboxylic acids is 2. The maximum Gasteiger partial charge on any atom is 0.308 e. The zero-order valence-corrected chi connectivity index (χ0v) is 10.8. The van der Waals surface area contributed by atoms with Crippen LogP contribution in [0.2, 0.25) is 0 Å². The molecule has 1 aromatic carbocycles. The lowest BCUT2D eigenvalue weighted by atomic mass is 9.96. The Bertz CT molecular complexity index is 478. The molecule has 0 saturated carbocycles. The molecule has 0 bridgehead atoms. The molecule has 0 unspecified atom stereocenters. The molecule has 1 fully saturated rings. The predicted octanol–water partition coefficient (Wildman–Crippen LogP) is 1.42. The van der Waals surface area contributed by atoms with Crippen molar-refractivity contribution in [3.05, 3.63) is 29.8 Å². The van der Waals surface area contributed by atoms with Gasteiger partial charge < -0.3 is 14.7 Å². The molecule has 2 rings (SSSR count). The number of ether oxygens (including phenoxy) is 1. The van der Waals surface area contributed by atoms with Crippen molar-refractivity contribution in [2.24, 2.45) is 5.92 Å². The van der Waals surface area contributed by atoms with Crippen molar-refractivity contribution < 1.29 is 19.4 Å². The van der Waals surface area contributed by atoms with E-state index in [-0.39, 0.29) is 23.5 Å². The summed E-state index contributed by atoms with van der Waals surface area (Å²) in [5.74, 6) is -0.544. The maximum atomic E-state index is 12.2. The first kappa shape index (κ1) is 13.4. The highest BCUT2D eigenvalue weighted by Gasteiger charge is 2.28. The second-order valence-electron chi connectivity index (χ2n) is 4.61. The molecule has 1 saturated heterocycles. The molecule has 1 aliphatic heterocycles. The number of amides is 1. The minimum absolute atomic E-state index is 0.0115. The highest BCUT2D eigenvalue weighted by molar-refractivity contribution is 5.96. The van der Waals surface area contributed by atoms with E-state index in [2.05, 4.69) is 0 Å². The molecule has 102 valence electrons. The Labute approximate surface area is 111 Å². The molecule has 1 N–H and O–H groups in total. The molecule has 1 aliphatic rings. The van der Waals surface area contributed by atoms with Crippen LogP contribution in [0.1, 0.15) is 23.2 Å². The molecule has 0 radical (unpaired) electrons. The number of rotatable bonds is 2. The molecule has 0 aromatic heterocycles. The highest BCUT2D eigenvalue weighted by atomic mass is 16.5. The van der Waals surface area contributed by atoms with Gasteiger partial charge in [0.05, 0.1) is 18.6 Å². The molecule has 0 spiro atoms. The summed E-state index contributed by atoms with van der Waals surface area (Å²) in [6.45, 7) is 1.01. The van der Waals surface area contributed by atoms with Gasteiger partial charge in [-0.25, -0.2) is 0 Å². The van der Waals surface area contributed by atoms with Crippen LogP contribution < -0.4 is 0 Å². The Morgan fingerprint density at radius 3 is 2.47 bits per heavy atom. The number of aromatic hydroxyl groups is 1. The van der Waals surface area contributed by atoms with E-state index in [1.165, 1.54) is 13.2 Å². The van der Waals surface area contributed by atoms with E-state index >= 15 is 0 Å². The van der Waals surface area contributed by atoms with Crippen LogP contribution in [0, 0.1) is 5.92 Å². The van der Waals surface area contributed by atoms with Gasteiger partial charge in [0.1, 0.15) is 5.75 Å². The average Bonchev–Trinajstić information content (AvgIpc) is 2.46. The summed E-state index contributed by atoms with van der Waals surface area (Å²) in [5, 5.41) is 9.67. The summed E-state index contributed by atoms with van der Waals surface area (Å²) in [4.78, 5) is 25.3. The molecule has 1 aromatic rings. The summed E-state index contributed by atoms with van der Waals surface area (Å²) in [6.07, 6.45) is 1.21. The summed E-state index contributed by atoms with van der Waals surface area (Å²) >= 11 is 0. The van der Waals surface area contributed by atoms with Crippen LogP contribution in [0.5, 0.6) is 5.75 Å². The van der Waals surface area contributed by atoms with E-state index < -0.39 is 0 Å². The summed E-state index contributed by atoms with van der Waals surface area (Å²) in [6, 6.07) is 6.49. The lowest BCUT2D eigenvalue weighted by Gasteiger charge is -2.30. The minimum atomic E-state index is -0.213. The number of piperidine rings is 1. The van der Waals surface area contributed by atoms with Crippen molar-refractivity contribution in [3.63, 3.8) is 0 Å². The Hall–Kier alpha value is -2.04. The fourth-order valence-corrected chi connectivity index (χ4v) is 2.31. The summed E-state index contributed by atoms with van der Waals surface area (Å²) in [7, 11) is 1.38. The van der Waals surface area contributed by atoms with Crippen LogP contribution in [0.4, 0.5) is 0 Å². The minimum Gasteiger partial charge on any atom is -0.507 e. The van der Waals surface area contributed by atoms with Gasteiger partial charge in [-0.1, -0.05) is 12.1 Å². The second-order valence-corrected chi connectivity index (χ2v) is 4.61.